The molecule has 0 aliphatic rings. The molecule has 0 unspecified atom stereocenters. The van der Waals surface area contributed by atoms with Crippen molar-refractivity contribution in [3.8, 4) is 0 Å². The first-order valence-electron chi connectivity index (χ1n) is 5.29. The minimum atomic E-state index is -4.17. The zero-order valence-electron chi connectivity index (χ0n) is 10.3. The maximum Gasteiger partial charge on any atom is 0.252 e. The average molecular weight is 316 g/mol. The molecule has 0 amide bonds. The van der Waals surface area contributed by atoms with Crippen LogP contribution in [0.3, 0.4) is 0 Å². The summed E-state index contributed by atoms with van der Waals surface area (Å²) in [6.45, 7) is 0.324. The maximum atomic E-state index is 13.6. The standard InChI is InChI=1S/C11H13ClF3NO2S/c1-7-9(13)3-8(5-12)4-10(7)19(17,18)16(2)6-11(14)15/h3-4,11H,5-6H2,1-2H3. The molecule has 0 aliphatic heterocycles. The van der Waals surface area contributed by atoms with Crippen molar-refractivity contribution in [2.45, 2.75) is 24.1 Å². The Hall–Kier alpha value is -0.790. The lowest BCUT2D eigenvalue weighted by atomic mass is 10.1. The van der Waals surface area contributed by atoms with Gasteiger partial charge in [0, 0.05) is 18.5 Å². The molecule has 0 aromatic heterocycles. The van der Waals surface area contributed by atoms with Gasteiger partial charge in [-0.1, -0.05) is 0 Å². The largest absolute Gasteiger partial charge is 0.252 e. The van der Waals surface area contributed by atoms with Crippen molar-refractivity contribution in [1.82, 2.24) is 4.31 Å². The first-order chi connectivity index (χ1) is 8.70. The van der Waals surface area contributed by atoms with E-state index in [4.69, 9.17) is 11.6 Å². The zero-order chi connectivity index (χ0) is 14.8. The molecule has 8 heteroatoms. The van der Waals surface area contributed by atoms with Gasteiger partial charge in [-0.05, 0) is 24.6 Å². The highest BCUT2D eigenvalue weighted by Gasteiger charge is 2.26. The molecule has 0 saturated carbocycles. The van der Waals surface area contributed by atoms with Crippen molar-refractivity contribution >= 4 is 21.6 Å². The van der Waals surface area contributed by atoms with Crippen molar-refractivity contribution in [1.29, 1.82) is 0 Å². The van der Waals surface area contributed by atoms with Gasteiger partial charge in [0.2, 0.25) is 10.0 Å². The van der Waals surface area contributed by atoms with Crippen LogP contribution in [0.25, 0.3) is 0 Å². The number of sulfonamides is 1. The Bertz CT molecular complexity index is 563. The summed E-state index contributed by atoms with van der Waals surface area (Å²) in [6.07, 6.45) is -2.80. The fourth-order valence-corrected chi connectivity index (χ4v) is 3.10. The summed E-state index contributed by atoms with van der Waals surface area (Å²) in [4.78, 5) is -0.341. The Morgan fingerprint density at radius 2 is 1.95 bits per heavy atom. The van der Waals surface area contributed by atoms with E-state index in [1.54, 1.807) is 0 Å². The Morgan fingerprint density at radius 3 is 2.42 bits per heavy atom. The zero-order valence-corrected chi connectivity index (χ0v) is 11.9. The molecular weight excluding hydrogens is 303 g/mol. The third kappa shape index (κ3) is 3.61. The molecule has 0 atom stereocenters. The van der Waals surface area contributed by atoms with E-state index < -0.39 is 28.8 Å². The Balaban J connectivity index is 3.32. The SMILES string of the molecule is Cc1c(F)cc(CCl)cc1S(=O)(=O)N(C)CC(F)F. The van der Waals surface area contributed by atoms with Crippen molar-refractivity contribution in [3.63, 3.8) is 0 Å². The Morgan fingerprint density at radius 1 is 1.37 bits per heavy atom. The highest BCUT2D eigenvalue weighted by molar-refractivity contribution is 7.89. The molecule has 0 saturated heterocycles. The van der Waals surface area contributed by atoms with Crippen molar-refractivity contribution in [2.24, 2.45) is 0 Å². The predicted octanol–water partition coefficient (Wildman–Crippen LogP) is 2.76. The van der Waals surface area contributed by atoms with Gasteiger partial charge < -0.3 is 0 Å². The van der Waals surface area contributed by atoms with Gasteiger partial charge in [-0.15, -0.1) is 11.6 Å². The van der Waals surface area contributed by atoms with Crippen molar-refractivity contribution < 1.29 is 21.6 Å². The van der Waals surface area contributed by atoms with Gasteiger partial charge in [-0.3, -0.25) is 0 Å². The van der Waals surface area contributed by atoms with Crippen LogP contribution >= 0.6 is 11.6 Å². The number of hydrogen-bond donors (Lipinski definition) is 0. The van der Waals surface area contributed by atoms with Crippen LogP contribution in [0.5, 0.6) is 0 Å². The topological polar surface area (TPSA) is 37.4 Å². The van der Waals surface area contributed by atoms with Crippen molar-refractivity contribution in [3.05, 3.63) is 29.1 Å². The summed E-state index contributed by atoms with van der Waals surface area (Å²) >= 11 is 5.54. The van der Waals surface area contributed by atoms with Gasteiger partial charge in [0.15, 0.2) is 0 Å². The molecule has 3 nitrogen and oxygen atoms in total. The maximum absolute atomic E-state index is 13.6. The van der Waals surface area contributed by atoms with Crippen LogP contribution in [0.4, 0.5) is 13.2 Å². The van der Waals surface area contributed by atoms with Gasteiger partial charge in [-0.25, -0.2) is 21.6 Å². The molecule has 0 N–H and O–H groups in total. The van der Waals surface area contributed by atoms with E-state index in [0.717, 1.165) is 13.1 Å². The van der Waals surface area contributed by atoms with E-state index in [0.29, 0.717) is 4.31 Å². The number of rotatable bonds is 5. The van der Waals surface area contributed by atoms with Crippen LogP contribution in [0.1, 0.15) is 11.1 Å². The molecule has 1 aromatic rings. The molecule has 0 radical (unpaired) electrons. The summed E-state index contributed by atoms with van der Waals surface area (Å²) in [5, 5.41) is 0. The normalized spacial score (nSPS) is 12.4. The van der Waals surface area contributed by atoms with E-state index in [9.17, 15) is 21.6 Å². The number of halogens is 4. The Labute approximate surface area is 115 Å². The number of alkyl halides is 3. The molecule has 0 spiro atoms. The van der Waals surface area contributed by atoms with Gasteiger partial charge >= 0.3 is 0 Å². The molecule has 0 fully saturated rings. The van der Waals surface area contributed by atoms with Crippen LogP contribution in [0.2, 0.25) is 0 Å². The van der Waals surface area contributed by atoms with Crippen LogP contribution in [0, 0.1) is 12.7 Å². The van der Waals surface area contributed by atoms with Gasteiger partial charge in [0.05, 0.1) is 11.4 Å². The molecule has 19 heavy (non-hydrogen) atoms. The smallest absolute Gasteiger partial charge is 0.209 e. The van der Waals surface area contributed by atoms with E-state index >= 15 is 0 Å². The molecule has 0 bridgehead atoms. The third-order valence-electron chi connectivity index (χ3n) is 2.59. The highest BCUT2D eigenvalue weighted by atomic mass is 35.5. The summed E-state index contributed by atoms with van der Waals surface area (Å²) in [5.41, 5.74) is 0.156. The number of hydrogen-bond acceptors (Lipinski definition) is 2. The third-order valence-corrected chi connectivity index (χ3v) is 4.85. The highest BCUT2D eigenvalue weighted by Crippen LogP contribution is 2.24. The second-order valence-electron chi connectivity index (χ2n) is 4.01. The first kappa shape index (κ1) is 16.3. The molecule has 1 rings (SSSR count). The fraction of sp³-hybridized carbons (Fsp3) is 0.455. The number of benzene rings is 1. The molecule has 0 heterocycles. The lowest BCUT2D eigenvalue weighted by Gasteiger charge is -2.18. The van der Waals surface area contributed by atoms with Crippen LogP contribution in [-0.2, 0) is 15.9 Å². The molecule has 108 valence electrons. The Kier molecular flexibility index (Phi) is 5.23. The van der Waals surface area contributed by atoms with E-state index in [-0.39, 0.29) is 21.9 Å². The quantitative estimate of drug-likeness (QED) is 0.784. The van der Waals surface area contributed by atoms with Gasteiger partial charge in [0.1, 0.15) is 5.82 Å². The lowest BCUT2D eigenvalue weighted by molar-refractivity contribution is 0.126. The summed E-state index contributed by atoms with van der Waals surface area (Å²) < 4.78 is 62.8. The van der Waals surface area contributed by atoms with Crippen LogP contribution in [-0.4, -0.2) is 32.7 Å². The minimum absolute atomic E-state index is 0.0711. The van der Waals surface area contributed by atoms with Crippen LogP contribution < -0.4 is 0 Å². The number of nitrogens with zero attached hydrogens (tertiary/aromatic N) is 1. The lowest BCUT2D eigenvalue weighted by Crippen LogP contribution is -2.32. The summed E-state index contributed by atoms with van der Waals surface area (Å²) in [7, 11) is -3.15. The van der Waals surface area contributed by atoms with Crippen molar-refractivity contribution in [2.75, 3.05) is 13.6 Å². The predicted molar refractivity (Wildman–Crippen MR) is 66.5 cm³/mol. The average Bonchev–Trinajstić information content (AvgIpc) is 2.31. The molecular formula is C11H13ClF3NO2S. The second-order valence-corrected chi connectivity index (χ2v) is 6.29. The molecule has 0 aliphatic carbocycles. The summed E-state index contributed by atoms with van der Waals surface area (Å²) in [5.74, 6) is -0.805. The fourth-order valence-electron chi connectivity index (χ4n) is 1.51. The van der Waals surface area contributed by atoms with E-state index in [1.807, 2.05) is 0 Å². The van der Waals surface area contributed by atoms with E-state index in [1.165, 1.54) is 13.0 Å². The first-order valence-corrected chi connectivity index (χ1v) is 7.27. The second kappa shape index (κ2) is 6.11. The van der Waals surface area contributed by atoms with Crippen LogP contribution in [0.15, 0.2) is 17.0 Å². The van der Waals surface area contributed by atoms with Gasteiger partial charge in [-0.2, -0.15) is 4.31 Å². The van der Waals surface area contributed by atoms with E-state index in [2.05, 4.69) is 0 Å². The monoisotopic (exact) mass is 315 g/mol. The molecule has 1 aromatic carbocycles. The summed E-state index contributed by atoms with van der Waals surface area (Å²) in [6, 6.07) is 2.32. The minimum Gasteiger partial charge on any atom is -0.209 e. The van der Waals surface area contributed by atoms with Gasteiger partial charge in [0.25, 0.3) is 6.43 Å².